The van der Waals surface area contributed by atoms with Gasteiger partial charge in [-0.05, 0) is 81.0 Å². The molecule has 2 aromatic rings. The van der Waals surface area contributed by atoms with Gasteiger partial charge in [0.15, 0.2) is 6.61 Å². The highest BCUT2D eigenvalue weighted by Gasteiger charge is 2.35. The normalized spacial score (nSPS) is 14.9. The lowest BCUT2D eigenvalue weighted by atomic mass is 9.98. The summed E-state index contributed by atoms with van der Waals surface area (Å²) in [4.78, 5) is 24.9. The zero-order chi connectivity index (χ0) is 25.0. The molecular formula is C25H29N3O5S. The number of piperidine rings is 1. The third-order valence-corrected chi connectivity index (χ3v) is 8.48. The molecule has 0 atom stereocenters. The first kappa shape index (κ1) is 25.4. The number of aryl methyl sites for hydroxylation is 2. The van der Waals surface area contributed by atoms with Gasteiger partial charge in [-0.1, -0.05) is 12.1 Å². The van der Waals surface area contributed by atoms with E-state index < -0.39 is 34.4 Å². The Bertz CT molecular complexity index is 1230. The van der Waals surface area contributed by atoms with Gasteiger partial charge in [0.2, 0.25) is 10.0 Å². The third kappa shape index (κ3) is 5.46. The van der Waals surface area contributed by atoms with Crippen molar-refractivity contribution in [1.29, 1.82) is 5.26 Å². The van der Waals surface area contributed by atoms with Crippen molar-refractivity contribution in [3.63, 3.8) is 0 Å². The number of nitrogens with zero attached hydrogens (tertiary/aromatic N) is 2. The zero-order valence-corrected chi connectivity index (χ0v) is 20.7. The fraction of sp³-hybridized carbons (Fsp3) is 0.400. The fourth-order valence-corrected chi connectivity index (χ4v) is 6.19. The van der Waals surface area contributed by atoms with Crippen LogP contribution in [-0.2, 0) is 24.3 Å². The molecule has 1 amide bonds. The minimum absolute atomic E-state index is 0.209. The van der Waals surface area contributed by atoms with Gasteiger partial charge < -0.3 is 10.1 Å². The van der Waals surface area contributed by atoms with Gasteiger partial charge in [0.1, 0.15) is 0 Å². The first-order valence-corrected chi connectivity index (χ1v) is 12.5. The van der Waals surface area contributed by atoms with Gasteiger partial charge in [-0.15, -0.1) is 0 Å². The minimum atomic E-state index is -3.69. The largest absolute Gasteiger partial charge is 0.455 e. The second-order valence-electron chi connectivity index (χ2n) is 8.62. The second-order valence-corrected chi connectivity index (χ2v) is 10.5. The molecule has 8 nitrogen and oxygen atoms in total. The Kier molecular flexibility index (Phi) is 7.75. The van der Waals surface area contributed by atoms with Crippen LogP contribution in [0, 0.1) is 44.9 Å². The zero-order valence-electron chi connectivity index (χ0n) is 19.8. The second kappa shape index (κ2) is 10.4. The highest BCUT2D eigenvalue weighted by Crippen LogP contribution is 2.31. The van der Waals surface area contributed by atoms with Crippen molar-refractivity contribution in [3.05, 3.63) is 58.1 Å². The van der Waals surface area contributed by atoms with Crippen molar-refractivity contribution < 1.29 is 22.7 Å². The summed E-state index contributed by atoms with van der Waals surface area (Å²) < 4.78 is 33.4. The average Bonchev–Trinajstić information content (AvgIpc) is 2.81. The van der Waals surface area contributed by atoms with Gasteiger partial charge >= 0.3 is 5.97 Å². The van der Waals surface area contributed by atoms with Crippen molar-refractivity contribution in [1.82, 2.24) is 4.31 Å². The molecule has 1 heterocycles. The van der Waals surface area contributed by atoms with Crippen LogP contribution in [0.15, 0.2) is 35.2 Å². The Hall–Kier alpha value is -3.22. The van der Waals surface area contributed by atoms with E-state index in [4.69, 9.17) is 10.00 Å². The van der Waals surface area contributed by atoms with Crippen molar-refractivity contribution in [2.24, 2.45) is 5.92 Å². The first-order chi connectivity index (χ1) is 16.0. The molecule has 0 aromatic heterocycles. The number of benzene rings is 2. The highest BCUT2D eigenvalue weighted by molar-refractivity contribution is 7.89. The summed E-state index contributed by atoms with van der Waals surface area (Å²) in [6, 6.07) is 10.4. The average molecular weight is 484 g/mol. The molecule has 0 bridgehead atoms. The van der Waals surface area contributed by atoms with E-state index in [0.717, 1.165) is 22.3 Å². The monoisotopic (exact) mass is 483 g/mol. The van der Waals surface area contributed by atoms with Gasteiger partial charge in [-0.3, -0.25) is 9.59 Å². The molecule has 1 aliphatic rings. The molecular weight excluding hydrogens is 454 g/mol. The maximum Gasteiger partial charge on any atom is 0.309 e. The first-order valence-electron chi connectivity index (χ1n) is 11.1. The quantitative estimate of drug-likeness (QED) is 0.630. The summed E-state index contributed by atoms with van der Waals surface area (Å²) in [6.07, 6.45) is 0.652. The number of carbonyl (C=O) groups excluding carboxylic acids is 2. The number of carbonyl (C=O) groups is 2. The molecule has 1 N–H and O–H groups in total. The van der Waals surface area contributed by atoms with E-state index in [2.05, 4.69) is 5.32 Å². The number of hydrogen-bond acceptors (Lipinski definition) is 6. The summed E-state index contributed by atoms with van der Waals surface area (Å²) in [6.45, 7) is 7.41. The number of sulfonamides is 1. The Morgan fingerprint density at radius 2 is 1.71 bits per heavy atom. The number of anilines is 1. The maximum atomic E-state index is 13.4. The Morgan fingerprint density at radius 1 is 1.09 bits per heavy atom. The molecule has 0 aliphatic carbocycles. The van der Waals surface area contributed by atoms with Crippen LogP contribution in [0.25, 0.3) is 0 Å². The van der Waals surface area contributed by atoms with E-state index in [0.29, 0.717) is 29.0 Å². The lowest BCUT2D eigenvalue weighted by Gasteiger charge is -2.31. The van der Waals surface area contributed by atoms with E-state index in [1.165, 1.54) is 10.4 Å². The Balaban J connectivity index is 1.57. The molecule has 180 valence electrons. The van der Waals surface area contributed by atoms with Gasteiger partial charge in [0.05, 0.1) is 22.4 Å². The number of nitriles is 1. The van der Waals surface area contributed by atoms with Crippen LogP contribution in [0.2, 0.25) is 0 Å². The molecule has 1 saturated heterocycles. The standard InChI is InChI=1S/C25H29N3O5S/c1-16-12-17(2)19(4)24(18(16)3)34(31,32)28-10-8-21(9-11-28)25(30)33-15-23(29)27-22-7-5-6-20(13-22)14-26/h5-7,12-13,21H,8-11,15H2,1-4H3,(H,27,29). The van der Waals surface area contributed by atoms with E-state index in [1.54, 1.807) is 18.2 Å². The molecule has 0 radical (unpaired) electrons. The summed E-state index contributed by atoms with van der Waals surface area (Å²) in [5.74, 6) is -1.50. The molecule has 2 aromatic carbocycles. The van der Waals surface area contributed by atoms with E-state index in [-0.39, 0.29) is 13.1 Å². The maximum absolute atomic E-state index is 13.4. The van der Waals surface area contributed by atoms with E-state index in [1.807, 2.05) is 39.8 Å². The SMILES string of the molecule is Cc1cc(C)c(C)c(S(=O)(=O)N2CCC(C(=O)OCC(=O)Nc3cccc(C#N)c3)CC2)c1C. The van der Waals surface area contributed by atoms with Gasteiger partial charge in [-0.25, -0.2) is 8.42 Å². The van der Waals surface area contributed by atoms with Crippen molar-refractivity contribution in [2.75, 3.05) is 25.0 Å². The smallest absolute Gasteiger partial charge is 0.309 e. The topological polar surface area (TPSA) is 117 Å². The van der Waals surface area contributed by atoms with Crippen LogP contribution >= 0.6 is 0 Å². The lowest BCUT2D eigenvalue weighted by molar-refractivity contribution is -0.152. The minimum Gasteiger partial charge on any atom is -0.455 e. The van der Waals surface area contributed by atoms with Crippen molar-refractivity contribution in [2.45, 2.75) is 45.4 Å². The fourth-order valence-electron chi connectivity index (χ4n) is 4.15. The van der Waals surface area contributed by atoms with Crippen LogP contribution in [0.1, 0.15) is 40.7 Å². The molecule has 0 unspecified atom stereocenters. The van der Waals surface area contributed by atoms with Crippen LogP contribution in [0.5, 0.6) is 0 Å². The predicted molar refractivity (Wildman–Crippen MR) is 128 cm³/mol. The summed E-state index contributed by atoms with van der Waals surface area (Å²) >= 11 is 0. The predicted octanol–water partition coefficient (Wildman–Crippen LogP) is 3.37. The van der Waals surface area contributed by atoms with Crippen LogP contribution in [0.4, 0.5) is 5.69 Å². The van der Waals surface area contributed by atoms with Crippen molar-refractivity contribution >= 4 is 27.6 Å². The molecule has 1 fully saturated rings. The van der Waals surface area contributed by atoms with Gasteiger partial charge in [0.25, 0.3) is 5.91 Å². The van der Waals surface area contributed by atoms with E-state index in [9.17, 15) is 18.0 Å². The van der Waals surface area contributed by atoms with Crippen molar-refractivity contribution in [3.8, 4) is 6.07 Å². The third-order valence-electron chi connectivity index (χ3n) is 6.30. The summed E-state index contributed by atoms with van der Waals surface area (Å²) in [7, 11) is -3.69. The number of amides is 1. The van der Waals surface area contributed by atoms with Gasteiger partial charge in [0, 0.05) is 18.8 Å². The van der Waals surface area contributed by atoms with Gasteiger partial charge in [-0.2, -0.15) is 9.57 Å². The lowest BCUT2D eigenvalue weighted by Crippen LogP contribution is -2.41. The van der Waals surface area contributed by atoms with E-state index >= 15 is 0 Å². The highest BCUT2D eigenvalue weighted by atomic mass is 32.2. The van der Waals surface area contributed by atoms with Crippen LogP contribution in [-0.4, -0.2) is 44.3 Å². The molecule has 3 rings (SSSR count). The van der Waals surface area contributed by atoms with Crippen LogP contribution < -0.4 is 5.32 Å². The Morgan fingerprint density at radius 3 is 2.29 bits per heavy atom. The number of esters is 1. The van der Waals surface area contributed by atoms with Crippen LogP contribution in [0.3, 0.4) is 0 Å². The number of hydrogen-bond donors (Lipinski definition) is 1. The molecule has 0 saturated carbocycles. The molecule has 9 heteroatoms. The number of nitrogens with one attached hydrogen (secondary N) is 1. The molecule has 34 heavy (non-hydrogen) atoms. The summed E-state index contributed by atoms with van der Waals surface area (Å²) in [5.41, 5.74) is 4.20. The molecule has 1 aliphatic heterocycles. The number of ether oxygens (including phenoxy) is 1. The molecule has 0 spiro atoms. The number of rotatable bonds is 6. The Labute approximate surface area is 200 Å². The summed E-state index contributed by atoms with van der Waals surface area (Å²) in [5, 5.41) is 11.5.